The summed E-state index contributed by atoms with van der Waals surface area (Å²) in [6.07, 6.45) is 0. The molecule has 146 valence electrons. The van der Waals surface area contributed by atoms with E-state index >= 15 is 0 Å². The fourth-order valence-electron chi connectivity index (χ4n) is 2.54. The van der Waals surface area contributed by atoms with Crippen LogP contribution < -0.4 is 35.3 Å². The minimum absolute atomic E-state index is 0. The predicted molar refractivity (Wildman–Crippen MR) is 100 cm³/mol. The Morgan fingerprint density at radius 3 is 2.03 bits per heavy atom. The topological polar surface area (TPSA) is 180 Å². The molecular formula is C16H13N3NaO7S2+. The molecule has 0 heterocycles. The summed E-state index contributed by atoms with van der Waals surface area (Å²) in [5, 5.41) is 17.8. The SMILES string of the molecule is Nc1cc(S(=O)(=O)O)cc2cc(S(=O)(=O)O)c(N=Nc3ccccc3)c(O)c12.[Na+]. The maximum Gasteiger partial charge on any atom is 1.00 e. The van der Waals surface area contributed by atoms with Crippen molar-refractivity contribution in [3.8, 4) is 5.75 Å². The molecule has 29 heavy (non-hydrogen) atoms. The first-order valence-electron chi connectivity index (χ1n) is 7.49. The second-order valence-corrected chi connectivity index (χ2v) is 8.48. The van der Waals surface area contributed by atoms with Crippen LogP contribution in [0.2, 0.25) is 0 Å². The van der Waals surface area contributed by atoms with E-state index in [2.05, 4.69) is 10.2 Å². The molecule has 0 spiro atoms. The second-order valence-electron chi connectivity index (χ2n) is 5.67. The van der Waals surface area contributed by atoms with E-state index in [1.54, 1.807) is 30.3 Å². The van der Waals surface area contributed by atoms with Crippen LogP contribution in [0.3, 0.4) is 0 Å². The van der Waals surface area contributed by atoms with Gasteiger partial charge >= 0.3 is 29.6 Å². The number of nitrogens with zero attached hydrogens (tertiary/aromatic N) is 2. The number of anilines is 1. The van der Waals surface area contributed by atoms with Gasteiger partial charge in [0.25, 0.3) is 20.2 Å². The number of benzene rings is 3. The molecule has 0 aliphatic carbocycles. The summed E-state index contributed by atoms with van der Waals surface area (Å²) >= 11 is 0. The van der Waals surface area contributed by atoms with E-state index in [0.717, 1.165) is 18.2 Å². The Morgan fingerprint density at radius 2 is 1.48 bits per heavy atom. The maximum atomic E-state index is 11.8. The van der Waals surface area contributed by atoms with Crippen molar-refractivity contribution in [3.63, 3.8) is 0 Å². The van der Waals surface area contributed by atoms with Crippen molar-refractivity contribution >= 4 is 48.1 Å². The summed E-state index contributed by atoms with van der Waals surface area (Å²) in [4.78, 5) is -1.43. The monoisotopic (exact) mass is 446 g/mol. The number of nitrogen functional groups attached to an aromatic ring is 1. The average Bonchev–Trinajstić information content (AvgIpc) is 2.59. The smallest absolute Gasteiger partial charge is 0.505 e. The van der Waals surface area contributed by atoms with Crippen molar-refractivity contribution in [2.45, 2.75) is 9.79 Å². The van der Waals surface area contributed by atoms with Gasteiger partial charge in [-0.1, -0.05) is 18.2 Å². The number of nitrogens with two attached hydrogens (primary N) is 1. The molecule has 0 saturated carbocycles. The Kier molecular flexibility index (Phi) is 6.69. The predicted octanol–water partition coefficient (Wildman–Crippen LogP) is 0.0404. The zero-order valence-corrected chi connectivity index (χ0v) is 18.5. The van der Waals surface area contributed by atoms with Gasteiger partial charge in [0.15, 0.2) is 5.75 Å². The van der Waals surface area contributed by atoms with Crippen molar-refractivity contribution in [1.29, 1.82) is 0 Å². The van der Waals surface area contributed by atoms with Gasteiger partial charge < -0.3 is 10.8 Å². The van der Waals surface area contributed by atoms with Crippen molar-refractivity contribution in [3.05, 3.63) is 48.5 Å². The molecule has 3 aromatic rings. The summed E-state index contributed by atoms with van der Waals surface area (Å²) < 4.78 is 65.0. The van der Waals surface area contributed by atoms with E-state index in [-0.39, 0.29) is 46.0 Å². The molecule has 0 radical (unpaired) electrons. The van der Waals surface area contributed by atoms with Gasteiger partial charge in [-0.25, -0.2) is 0 Å². The molecule has 3 rings (SSSR count). The Balaban J connectivity index is 0.00000300. The van der Waals surface area contributed by atoms with Gasteiger partial charge in [-0.2, -0.15) is 21.9 Å². The normalized spacial score (nSPS) is 12.2. The van der Waals surface area contributed by atoms with Gasteiger partial charge in [-0.05, 0) is 35.7 Å². The Labute approximate surface area is 187 Å². The molecule has 0 unspecified atom stereocenters. The molecule has 10 nitrogen and oxygen atoms in total. The van der Waals surface area contributed by atoms with Crippen LogP contribution in [0.4, 0.5) is 17.1 Å². The van der Waals surface area contributed by atoms with Gasteiger partial charge in [0.2, 0.25) is 0 Å². The minimum Gasteiger partial charge on any atom is -0.505 e. The number of rotatable bonds is 4. The maximum absolute atomic E-state index is 11.8. The summed E-state index contributed by atoms with van der Waals surface area (Å²) in [7, 11) is -9.53. The third kappa shape index (κ3) is 4.93. The molecule has 0 atom stereocenters. The molecule has 0 amide bonds. The summed E-state index contributed by atoms with van der Waals surface area (Å²) in [5.74, 6) is -0.732. The van der Waals surface area contributed by atoms with Crippen LogP contribution in [0, 0.1) is 0 Å². The van der Waals surface area contributed by atoms with E-state index < -0.39 is 41.5 Å². The summed E-state index contributed by atoms with van der Waals surface area (Å²) in [5.41, 5.74) is 5.27. The van der Waals surface area contributed by atoms with Crippen molar-refractivity contribution in [2.75, 3.05) is 5.73 Å². The van der Waals surface area contributed by atoms with Crippen LogP contribution in [0.1, 0.15) is 0 Å². The molecule has 0 aromatic heterocycles. The number of fused-ring (bicyclic) bond motifs is 1. The number of phenols is 1. The molecule has 0 fully saturated rings. The van der Waals surface area contributed by atoms with Crippen molar-refractivity contribution < 1.29 is 60.6 Å². The van der Waals surface area contributed by atoms with Gasteiger partial charge in [-0.3, -0.25) is 9.11 Å². The quantitative estimate of drug-likeness (QED) is 0.188. The van der Waals surface area contributed by atoms with Crippen LogP contribution in [0.15, 0.2) is 68.6 Å². The number of hydrogen-bond donors (Lipinski definition) is 4. The van der Waals surface area contributed by atoms with Crippen molar-refractivity contribution in [2.24, 2.45) is 10.2 Å². The third-order valence-corrected chi connectivity index (χ3v) is 5.45. The van der Waals surface area contributed by atoms with E-state index in [0.29, 0.717) is 5.69 Å². The Hall–Kier alpha value is -2.06. The van der Waals surface area contributed by atoms with Gasteiger partial charge in [-0.15, -0.1) is 5.11 Å². The molecule has 0 aliphatic rings. The number of phenolic OH excluding ortho intramolecular Hbond substituents is 1. The zero-order chi connectivity index (χ0) is 20.7. The Morgan fingerprint density at radius 1 is 0.862 bits per heavy atom. The molecule has 5 N–H and O–H groups in total. The Bertz CT molecular complexity index is 1330. The van der Waals surface area contributed by atoms with Gasteiger partial charge in [0.1, 0.15) is 10.6 Å². The van der Waals surface area contributed by atoms with Crippen LogP contribution in [-0.4, -0.2) is 31.0 Å². The first-order valence-corrected chi connectivity index (χ1v) is 10.4. The van der Waals surface area contributed by atoms with Crippen LogP contribution >= 0.6 is 0 Å². The molecule has 0 saturated heterocycles. The second kappa shape index (κ2) is 8.36. The standard InChI is InChI=1S/C16H13N3O7S2.Na/c17-12-8-11(27(21,22)23)6-9-7-13(28(24,25)26)15(16(20)14(9)12)19-18-10-4-2-1-3-5-10;/h1-8,20H,17H2,(H,21,22,23)(H,24,25,26);/q;+1. The number of aromatic hydroxyl groups is 1. The zero-order valence-electron chi connectivity index (χ0n) is 14.9. The fourth-order valence-corrected chi connectivity index (χ4v) is 3.75. The number of hydrogen-bond acceptors (Lipinski definition) is 8. The minimum atomic E-state index is -4.88. The van der Waals surface area contributed by atoms with E-state index in [9.17, 15) is 31.0 Å². The van der Waals surface area contributed by atoms with Crippen molar-refractivity contribution in [1.82, 2.24) is 0 Å². The molecular weight excluding hydrogens is 433 g/mol. The molecule has 0 bridgehead atoms. The van der Waals surface area contributed by atoms with Crippen LogP contribution in [0.5, 0.6) is 5.75 Å². The fraction of sp³-hybridized carbons (Fsp3) is 0. The molecule has 13 heteroatoms. The van der Waals surface area contributed by atoms with Crippen LogP contribution in [-0.2, 0) is 20.2 Å². The first kappa shape index (κ1) is 23.2. The summed E-state index contributed by atoms with van der Waals surface area (Å²) in [6.45, 7) is 0. The van der Waals surface area contributed by atoms with Gasteiger partial charge in [0.05, 0.1) is 10.6 Å². The van der Waals surface area contributed by atoms with E-state index in [1.807, 2.05) is 0 Å². The summed E-state index contributed by atoms with van der Waals surface area (Å²) in [6, 6.07) is 10.8. The van der Waals surface area contributed by atoms with E-state index in [4.69, 9.17) is 5.73 Å². The average molecular weight is 446 g/mol. The molecule has 0 aliphatic heterocycles. The van der Waals surface area contributed by atoms with E-state index in [1.165, 1.54) is 0 Å². The van der Waals surface area contributed by atoms with Gasteiger partial charge in [0, 0.05) is 11.1 Å². The first-order chi connectivity index (χ1) is 13.0. The largest absolute Gasteiger partial charge is 1.00 e. The molecule has 3 aromatic carbocycles. The third-order valence-electron chi connectivity index (χ3n) is 3.75. The van der Waals surface area contributed by atoms with Crippen LogP contribution in [0.25, 0.3) is 10.8 Å². The number of azo groups is 1.